The predicted molar refractivity (Wildman–Crippen MR) is 202 cm³/mol. The van der Waals surface area contributed by atoms with Crippen molar-refractivity contribution >= 4 is 39.2 Å². The molecule has 5 aromatic rings. The molecule has 54 heavy (non-hydrogen) atoms. The Labute approximate surface area is 316 Å². The molecular weight excluding hydrogens is 740 g/mol. The number of anilines is 2. The van der Waals surface area contributed by atoms with Crippen LogP contribution in [0.4, 0.5) is 24.7 Å². The second-order valence-electron chi connectivity index (χ2n) is 12.3. The van der Waals surface area contributed by atoms with E-state index in [9.17, 15) is 26.4 Å². The van der Waals surface area contributed by atoms with Crippen LogP contribution in [0.5, 0.6) is 5.75 Å². The van der Waals surface area contributed by atoms with Crippen LogP contribution in [0.25, 0.3) is 11.1 Å². The summed E-state index contributed by atoms with van der Waals surface area (Å²) in [6.07, 6.45) is -1.33. The number of alkyl halides is 3. The Morgan fingerprint density at radius 2 is 1.67 bits per heavy atom. The molecule has 3 heterocycles. The largest absolute Gasteiger partial charge is 0.492 e. The van der Waals surface area contributed by atoms with Crippen LogP contribution >= 0.6 is 11.8 Å². The first-order chi connectivity index (χ1) is 26.0. The number of benzene rings is 3. The molecule has 0 bridgehead atoms. The predicted octanol–water partition coefficient (Wildman–Crippen LogP) is 6.60. The molecule has 0 aliphatic carbocycles. The highest BCUT2D eigenvalue weighted by Gasteiger charge is 2.35. The summed E-state index contributed by atoms with van der Waals surface area (Å²) in [5, 5.41) is 10.8. The molecule has 0 unspecified atom stereocenters. The zero-order chi connectivity index (χ0) is 38.1. The summed E-state index contributed by atoms with van der Waals surface area (Å²) in [6.45, 7) is 6.14. The van der Waals surface area contributed by atoms with Crippen LogP contribution in [0.3, 0.4) is 0 Å². The van der Waals surface area contributed by atoms with Gasteiger partial charge >= 0.3 is 6.18 Å². The molecule has 1 aliphatic heterocycles. The number of carbonyl (C=O) groups is 1. The number of ether oxygens (including phenoxy) is 1. The minimum absolute atomic E-state index is 0.202. The Morgan fingerprint density at radius 3 is 2.39 bits per heavy atom. The van der Waals surface area contributed by atoms with Crippen LogP contribution in [0, 0.1) is 0 Å². The molecule has 282 valence electrons. The van der Waals surface area contributed by atoms with Gasteiger partial charge in [-0.15, -0.1) is 22.0 Å². The van der Waals surface area contributed by atoms with Crippen LogP contribution in [-0.2, 0) is 22.7 Å². The number of amides is 1. The molecule has 0 atom stereocenters. The molecule has 3 aromatic carbocycles. The third-order valence-corrected chi connectivity index (χ3v) is 10.9. The highest BCUT2D eigenvalue weighted by molar-refractivity contribution is 7.99. The zero-order valence-electron chi connectivity index (χ0n) is 29.3. The first-order valence-electron chi connectivity index (χ1n) is 17.2. The van der Waals surface area contributed by atoms with Gasteiger partial charge in [-0.1, -0.05) is 42.5 Å². The van der Waals surface area contributed by atoms with Gasteiger partial charge in [-0.05, 0) is 66.6 Å². The van der Waals surface area contributed by atoms with Gasteiger partial charge < -0.3 is 15.0 Å². The maximum atomic E-state index is 14.0. The molecule has 1 fully saturated rings. The van der Waals surface area contributed by atoms with E-state index in [1.54, 1.807) is 12.3 Å². The van der Waals surface area contributed by atoms with Gasteiger partial charge in [0.2, 0.25) is 0 Å². The fourth-order valence-corrected chi connectivity index (χ4v) is 7.70. The lowest BCUT2D eigenvalue weighted by Gasteiger charge is -2.35. The van der Waals surface area contributed by atoms with Gasteiger partial charge in [0.05, 0.1) is 23.3 Å². The van der Waals surface area contributed by atoms with Crippen LogP contribution in [0.2, 0.25) is 0 Å². The van der Waals surface area contributed by atoms with E-state index in [1.165, 1.54) is 17.8 Å². The number of hydrogen-bond acceptors (Lipinski definition) is 11. The number of sulfonamides is 1. The zero-order valence-corrected chi connectivity index (χ0v) is 30.9. The summed E-state index contributed by atoms with van der Waals surface area (Å²) in [6, 6.07) is 25.0. The number of hydrogen-bond donors (Lipinski definition) is 2. The SMILES string of the molecule is CCOc1cncc(-c2ccccc2CN2CCN(c3ccc(C(=O)NS(=O)(=O)c4ccc(NCCSc5ccccc5)c(C(F)(F)F)c4)nn3)CC2)c1. The van der Waals surface area contributed by atoms with Crippen molar-refractivity contribution in [3.8, 4) is 16.9 Å². The number of pyridine rings is 1. The number of rotatable bonds is 14. The van der Waals surface area contributed by atoms with Gasteiger partial charge in [0.25, 0.3) is 15.9 Å². The van der Waals surface area contributed by atoms with E-state index < -0.39 is 32.6 Å². The molecule has 1 aliphatic rings. The number of nitrogens with zero attached hydrogens (tertiary/aromatic N) is 5. The monoisotopic (exact) mass is 777 g/mol. The first kappa shape index (κ1) is 38.5. The van der Waals surface area contributed by atoms with Crippen molar-refractivity contribution in [2.45, 2.75) is 29.4 Å². The lowest BCUT2D eigenvalue weighted by molar-refractivity contribution is -0.137. The molecule has 2 N–H and O–H groups in total. The number of halogens is 3. The Hall–Kier alpha value is -5.19. The van der Waals surface area contributed by atoms with E-state index in [0.717, 1.165) is 53.4 Å². The van der Waals surface area contributed by atoms with Gasteiger partial charge in [-0.2, -0.15) is 13.2 Å². The lowest BCUT2D eigenvalue weighted by atomic mass is 10.0. The number of carbonyl (C=O) groups excluding carboxylic acids is 1. The standard InChI is InChI=1S/C38H38F3N7O4S2/c1-2-52-29-22-28(24-42-25-29)32-11-7-6-8-27(32)26-47-17-19-48(20-18-47)36-15-14-35(44-45-36)37(49)46-54(50,51)31-12-13-34(33(23-31)38(39,40)41)43-16-21-53-30-9-4-3-5-10-30/h3-15,22-25,43H,2,16-21,26H2,1H3,(H,46,49). The highest BCUT2D eigenvalue weighted by Crippen LogP contribution is 2.36. The summed E-state index contributed by atoms with van der Waals surface area (Å²) in [7, 11) is -4.68. The van der Waals surface area contributed by atoms with Crippen LogP contribution < -0.4 is 19.7 Å². The third kappa shape index (κ3) is 9.86. The Balaban J connectivity index is 1.04. The lowest BCUT2D eigenvalue weighted by Crippen LogP contribution is -2.46. The summed E-state index contributed by atoms with van der Waals surface area (Å²) in [4.78, 5) is 21.8. The summed E-state index contributed by atoms with van der Waals surface area (Å²) in [5.41, 5.74) is 1.47. The minimum atomic E-state index is -4.85. The quantitative estimate of drug-likeness (QED) is 0.0935. The van der Waals surface area contributed by atoms with E-state index >= 15 is 0 Å². The van der Waals surface area contributed by atoms with Crippen molar-refractivity contribution in [1.29, 1.82) is 0 Å². The fourth-order valence-electron chi connectivity index (χ4n) is 5.93. The van der Waals surface area contributed by atoms with E-state index in [2.05, 4.69) is 37.5 Å². The molecule has 6 rings (SSSR count). The highest BCUT2D eigenvalue weighted by atomic mass is 32.2. The molecule has 0 saturated carbocycles. The van der Waals surface area contributed by atoms with Crippen LogP contribution in [0.1, 0.15) is 28.5 Å². The van der Waals surface area contributed by atoms with Crippen molar-refractivity contribution in [3.05, 3.63) is 120 Å². The van der Waals surface area contributed by atoms with Crippen molar-refractivity contribution in [1.82, 2.24) is 24.8 Å². The number of piperazine rings is 1. The van der Waals surface area contributed by atoms with Gasteiger partial charge in [0.15, 0.2) is 11.5 Å². The smallest absolute Gasteiger partial charge is 0.418 e. The Kier molecular flexibility index (Phi) is 12.3. The average Bonchev–Trinajstić information content (AvgIpc) is 3.17. The topological polar surface area (TPSA) is 130 Å². The summed E-state index contributed by atoms with van der Waals surface area (Å²) < 4.78 is 75.5. The van der Waals surface area contributed by atoms with Crippen molar-refractivity contribution in [2.24, 2.45) is 0 Å². The molecule has 0 spiro atoms. The molecule has 16 heteroatoms. The molecule has 1 saturated heterocycles. The van der Waals surface area contributed by atoms with Gasteiger partial charge in [-0.25, -0.2) is 13.1 Å². The molecular formula is C38H38F3N7O4S2. The number of nitrogens with one attached hydrogen (secondary N) is 2. The maximum Gasteiger partial charge on any atom is 0.418 e. The first-order valence-corrected chi connectivity index (χ1v) is 19.6. The van der Waals surface area contributed by atoms with Crippen LogP contribution in [-0.4, -0.2) is 79.5 Å². The van der Waals surface area contributed by atoms with Gasteiger partial charge in [0, 0.05) is 67.4 Å². The molecule has 1 amide bonds. The van der Waals surface area contributed by atoms with Crippen molar-refractivity contribution in [3.63, 3.8) is 0 Å². The molecule has 2 aromatic heterocycles. The van der Waals surface area contributed by atoms with Crippen molar-refractivity contribution < 1.29 is 31.1 Å². The number of thioether (sulfide) groups is 1. The van der Waals surface area contributed by atoms with E-state index in [1.807, 2.05) is 71.3 Å². The third-order valence-electron chi connectivity index (χ3n) is 8.59. The molecule has 0 radical (unpaired) electrons. The van der Waals surface area contributed by atoms with Crippen molar-refractivity contribution in [2.75, 3.05) is 55.3 Å². The second-order valence-corrected chi connectivity index (χ2v) is 15.1. The second kappa shape index (κ2) is 17.3. The molecule has 11 nitrogen and oxygen atoms in total. The van der Waals surface area contributed by atoms with E-state index in [4.69, 9.17) is 4.74 Å². The van der Waals surface area contributed by atoms with Gasteiger partial charge in [0.1, 0.15) is 5.75 Å². The number of aromatic nitrogens is 3. The fraction of sp³-hybridized carbons (Fsp3) is 0.263. The normalized spacial score (nSPS) is 13.7. The Morgan fingerprint density at radius 1 is 0.907 bits per heavy atom. The summed E-state index contributed by atoms with van der Waals surface area (Å²) in [5.74, 6) is 0.584. The Bertz CT molecular complexity index is 2150. The summed E-state index contributed by atoms with van der Waals surface area (Å²) >= 11 is 1.47. The van der Waals surface area contributed by atoms with Crippen LogP contribution in [0.15, 0.2) is 113 Å². The van der Waals surface area contributed by atoms with E-state index in [-0.39, 0.29) is 17.9 Å². The maximum absolute atomic E-state index is 14.0. The average molecular weight is 778 g/mol. The van der Waals surface area contributed by atoms with Gasteiger partial charge in [-0.3, -0.25) is 14.7 Å². The minimum Gasteiger partial charge on any atom is -0.492 e. The van der Waals surface area contributed by atoms with E-state index in [0.29, 0.717) is 43.1 Å².